The third kappa shape index (κ3) is 4.52. The van der Waals surface area contributed by atoms with E-state index in [2.05, 4.69) is 26.1 Å². The van der Waals surface area contributed by atoms with Gasteiger partial charge in [-0.25, -0.2) is 0 Å². The molecule has 2 atom stereocenters. The van der Waals surface area contributed by atoms with E-state index in [4.69, 9.17) is 4.74 Å². The standard InChI is InChI=1S/C13H27NO/c1-4-6-13(7-5-2)14-11(3)12-8-9-15-10-12/h11-14H,4-10H2,1-3H3. The molecule has 0 bridgehead atoms. The van der Waals surface area contributed by atoms with Crippen LogP contribution in [0.2, 0.25) is 0 Å². The molecule has 0 aliphatic carbocycles. The van der Waals surface area contributed by atoms with Crippen molar-refractivity contribution >= 4 is 0 Å². The Hall–Kier alpha value is -0.0800. The zero-order valence-corrected chi connectivity index (χ0v) is 10.6. The van der Waals surface area contributed by atoms with Crippen LogP contribution in [0.3, 0.4) is 0 Å². The topological polar surface area (TPSA) is 21.3 Å². The van der Waals surface area contributed by atoms with E-state index in [0.717, 1.165) is 25.2 Å². The molecule has 0 spiro atoms. The maximum Gasteiger partial charge on any atom is 0.0509 e. The molecule has 0 radical (unpaired) electrons. The summed E-state index contributed by atoms with van der Waals surface area (Å²) >= 11 is 0. The average molecular weight is 213 g/mol. The van der Waals surface area contributed by atoms with Crippen LogP contribution in [-0.4, -0.2) is 25.3 Å². The van der Waals surface area contributed by atoms with Crippen molar-refractivity contribution in [2.75, 3.05) is 13.2 Å². The van der Waals surface area contributed by atoms with Gasteiger partial charge in [0.1, 0.15) is 0 Å². The quantitative estimate of drug-likeness (QED) is 0.702. The molecule has 0 aromatic rings. The first-order chi connectivity index (χ1) is 7.27. The van der Waals surface area contributed by atoms with Gasteiger partial charge < -0.3 is 10.1 Å². The molecule has 90 valence electrons. The number of hydrogen-bond acceptors (Lipinski definition) is 2. The second-order valence-corrected chi connectivity index (χ2v) is 4.85. The van der Waals surface area contributed by atoms with E-state index in [1.165, 1.54) is 32.1 Å². The molecule has 1 saturated heterocycles. The maximum atomic E-state index is 5.44. The molecular weight excluding hydrogens is 186 g/mol. The highest BCUT2D eigenvalue weighted by Crippen LogP contribution is 2.18. The average Bonchev–Trinajstić information content (AvgIpc) is 2.71. The predicted octanol–water partition coefficient (Wildman–Crippen LogP) is 2.97. The van der Waals surface area contributed by atoms with E-state index >= 15 is 0 Å². The summed E-state index contributed by atoms with van der Waals surface area (Å²) in [5.41, 5.74) is 0. The van der Waals surface area contributed by atoms with E-state index in [-0.39, 0.29) is 0 Å². The minimum atomic E-state index is 0.621. The van der Waals surface area contributed by atoms with Gasteiger partial charge in [-0.05, 0) is 32.1 Å². The van der Waals surface area contributed by atoms with E-state index in [0.29, 0.717) is 6.04 Å². The molecule has 2 nitrogen and oxygen atoms in total. The lowest BCUT2D eigenvalue weighted by molar-refractivity contribution is 0.175. The molecule has 0 aromatic carbocycles. The summed E-state index contributed by atoms with van der Waals surface area (Å²) in [6.45, 7) is 8.78. The molecule has 2 unspecified atom stereocenters. The molecule has 1 rings (SSSR count). The second kappa shape index (κ2) is 7.24. The first kappa shape index (κ1) is 13.0. The van der Waals surface area contributed by atoms with Crippen LogP contribution in [0.25, 0.3) is 0 Å². The molecule has 1 fully saturated rings. The Bertz CT molecular complexity index is 149. The van der Waals surface area contributed by atoms with Crippen molar-refractivity contribution in [2.24, 2.45) is 5.92 Å². The highest BCUT2D eigenvalue weighted by molar-refractivity contribution is 4.79. The van der Waals surface area contributed by atoms with Crippen LogP contribution in [0, 0.1) is 5.92 Å². The largest absolute Gasteiger partial charge is 0.381 e. The van der Waals surface area contributed by atoms with Crippen molar-refractivity contribution in [3.8, 4) is 0 Å². The molecule has 1 aliphatic rings. The Labute approximate surface area is 94.8 Å². The first-order valence-electron chi connectivity index (χ1n) is 6.61. The van der Waals surface area contributed by atoms with Gasteiger partial charge in [0.15, 0.2) is 0 Å². The SMILES string of the molecule is CCCC(CCC)NC(C)C1CCOC1. The summed E-state index contributed by atoms with van der Waals surface area (Å²) in [6, 6.07) is 1.34. The molecule has 2 heteroatoms. The molecule has 0 amide bonds. The Morgan fingerprint density at radius 3 is 2.40 bits per heavy atom. The first-order valence-corrected chi connectivity index (χ1v) is 6.61. The molecule has 1 heterocycles. The van der Waals surface area contributed by atoms with Crippen LogP contribution in [0.5, 0.6) is 0 Å². The maximum absolute atomic E-state index is 5.44. The summed E-state index contributed by atoms with van der Waals surface area (Å²) in [7, 11) is 0. The number of nitrogens with one attached hydrogen (secondary N) is 1. The highest BCUT2D eigenvalue weighted by atomic mass is 16.5. The van der Waals surface area contributed by atoms with E-state index in [1.807, 2.05) is 0 Å². The van der Waals surface area contributed by atoms with Crippen molar-refractivity contribution < 1.29 is 4.74 Å². The van der Waals surface area contributed by atoms with Crippen LogP contribution < -0.4 is 5.32 Å². The minimum Gasteiger partial charge on any atom is -0.381 e. The molecule has 0 aromatic heterocycles. The van der Waals surface area contributed by atoms with E-state index in [9.17, 15) is 0 Å². The van der Waals surface area contributed by atoms with Gasteiger partial charge in [-0.1, -0.05) is 26.7 Å². The third-order valence-corrected chi connectivity index (χ3v) is 3.44. The summed E-state index contributed by atoms with van der Waals surface area (Å²) in [4.78, 5) is 0. The molecule has 1 N–H and O–H groups in total. The van der Waals surface area contributed by atoms with Crippen molar-refractivity contribution in [2.45, 2.75) is 65.0 Å². The molecule has 15 heavy (non-hydrogen) atoms. The van der Waals surface area contributed by atoms with Gasteiger partial charge >= 0.3 is 0 Å². The lowest BCUT2D eigenvalue weighted by Gasteiger charge is -2.26. The summed E-state index contributed by atoms with van der Waals surface area (Å²) in [6.07, 6.45) is 6.42. The predicted molar refractivity (Wildman–Crippen MR) is 65.1 cm³/mol. The lowest BCUT2D eigenvalue weighted by atomic mass is 9.98. The molecule has 0 saturated carbocycles. The van der Waals surface area contributed by atoms with Gasteiger partial charge in [0.05, 0.1) is 6.61 Å². The fourth-order valence-corrected chi connectivity index (χ4v) is 2.46. The summed E-state index contributed by atoms with van der Waals surface area (Å²) in [5.74, 6) is 0.737. The minimum absolute atomic E-state index is 0.621. The molecular formula is C13H27NO. The van der Waals surface area contributed by atoms with Gasteiger partial charge in [0, 0.05) is 18.7 Å². The smallest absolute Gasteiger partial charge is 0.0509 e. The van der Waals surface area contributed by atoms with Crippen LogP contribution in [0.1, 0.15) is 52.9 Å². The number of rotatable bonds is 7. The molecule has 1 aliphatic heterocycles. The second-order valence-electron chi connectivity index (χ2n) is 4.85. The fourth-order valence-electron chi connectivity index (χ4n) is 2.46. The summed E-state index contributed by atoms with van der Waals surface area (Å²) in [5, 5.41) is 3.78. The zero-order chi connectivity index (χ0) is 11.1. The van der Waals surface area contributed by atoms with Crippen LogP contribution in [-0.2, 0) is 4.74 Å². The number of hydrogen-bond donors (Lipinski definition) is 1. The van der Waals surface area contributed by atoms with Crippen molar-refractivity contribution in [3.63, 3.8) is 0 Å². The Morgan fingerprint density at radius 1 is 1.27 bits per heavy atom. The van der Waals surface area contributed by atoms with Crippen LogP contribution in [0.15, 0.2) is 0 Å². The van der Waals surface area contributed by atoms with E-state index < -0.39 is 0 Å². The number of ether oxygens (including phenoxy) is 1. The highest BCUT2D eigenvalue weighted by Gasteiger charge is 2.23. The Balaban J connectivity index is 2.28. The van der Waals surface area contributed by atoms with Crippen LogP contribution in [0.4, 0.5) is 0 Å². The van der Waals surface area contributed by atoms with Gasteiger partial charge in [0.25, 0.3) is 0 Å². The van der Waals surface area contributed by atoms with Gasteiger partial charge in [0.2, 0.25) is 0 Å². The summed E-state index contributed by atoms with van der Waals surface area (Å²) < 4.78 is 5.44. The van der Waals surface area contributed by atoms with Crippen molar-refractivity contribution in [1.29, 1.82) is 0 Å². The normalized spacial score (nSPS) is 23.6. The lowest BCUT2D eigenvalue weighted by Crippen LogP contribution is -2.41. The zero-order valence-electron chi connectivity index (χ0n) is 10.6. The Kier molecular flexibility index (Phi) is 6.26. The van der Waals surface area contributed by atoms with Crippen molar-refractivity contribution in [1.82, 2.24) is 5.32 Å². The van der Waals surface area contributed by atoms with Gasteiger partial charge in [-0.3, -0.25) is 0 Å². The Morgan fingerprint density at radius 2 is 1.93 bits per heavy atom. The van der Waals surface area contributed by atoms with Crippen molar-refractivity contribution in [3.05, 3.63) is 0 Å². The third-order valence-electron chi connectivity index (χ3n) is 3.44. The van der Waals surface area contributed by atoms with Crippen LogP contribution >= 0.6 is 0 Å². The van der Waals surface area contributed by atoms with Gasteiger partial charge in [-0.2, -0.15) is 0 Å². The van der Waals surface area contributed by atoms with Gasteiger partial charge in [-0.15, -0.1) is 0 Å². The fraction of sp³-hybridized carbons (Fsp3) is 1.00. The monoisotopic (exact) mass is 213 g/mol. The van der Waals surface area contributed by atoms with E-state index in [1.54, 1.807) is 0 Å².